The number of carbonyl (C=O) groups is 2. The van der Waals surface area contributed by atoms with Crippen LogP contribution in [0.4, 0.5) is 10.1 Å². The first-order valence-electron chi connectivity index (χ1n) is 4.84. The second-order valence-electron chi connectivity index (χ2n) is 3.16. The summed E-state index contributed by atoms with van der Waals surface area (Å²) >= 11 is 0. The largest absolute Gasteiger partial charge is 0.323 e. The molecular formula is C12H12FNO2. The van der Waals surface area contributed by atoms with E-state index in [1.165, 1.54) is 12.1 Å². The van der Waals surface area contributed by atoms with Crippen LogP contribution in [0.25, 0.3) is 0 Å². The normalized spacial score (nSPS) is 9.62. The smallest absolute Gasteiger partial charge is 0.247 e. The van der Waals surface area contributed by atoms with Crippen LogP contribution in [0.3, 0.4) is 0 Å². The molecule has 0 unspecified atom stereocenters. The summed E-state index contributed by atoms with van der Waals surface area (Å²) in [7, 11) is 0. The molecule has 1 N–H and O–H groups in total. The van der Waals surface area contributed by atoms with Crippen LogP contribution in [0, 0.1) is 5.82 Å². The van der Waals surface area contributed by atoms with Crippen molar-refractivity contribution in [2.75, 3.05) is 5.32 Å². The number of benzene rings is 1. The van der Waals surface area contributed by atoms with Gasteiger partial charge in [0.25, 0.3) is 0 Å². The van der Waals surface area contributed by atoms with Gasteiger partial charge in [0.15, 0.2) is 5.78 Å². The lowest BCUT2D eigenvalue weighted by atomic mass is 10.1. The summed E-state index contributed by atoms with van der Waals surface area (Å²) in [4.78, 5) is 22.4. The van der Waals surface area contributed by atoms with E-state index in [9.17, 15) is 14.0 Å². The fourth-order valence-corrected chi connectivity index (χ4v) is 1.20. The molecule has 16 heavy (non-hydrogen) atoms. The number of nitrogens with one attached hydrogen (secondary N) is 1. The van der Waals surface area contributed by atoms with Crippen LogP contribution in [-0.2, 0) is 4.79 Å². The predicted molar refractivity (Wildman–Crippen MR) is 59.8 cm³/mol. The molecule has 1 rings (SSSR count). The van der Waals surface area contributed by atoms with E-state index < -0.39 is 11.7 Å². The molecule has 0 aliphatic rings. The predicted octanol–water partition coefficient (Wildman–Crippen LogP) is 2.54. The van der Waals surface area contributed by atoms with Gasteiger partial charge in [0.05, 0.1) is 5.56 Å². The van der Waals surface area contributed by atoms with Crippen molar-refractivity contribution in [3.8, 4) is 0 Å². The number of rotatable bonds is 4. The van der Waals surface area contributed by atoms with Gasteiger partial charge < -0.3 is 5.32 Å². The molecule has 0 atom stereocenters. The maximum Gasteiger partial charge on any atom is 0.247 e. The van der Waals surface area contributed by atoms with Gasteiger partial charge in [-0.3, -0.25) is 9.59 Å². The van der Waals surface area contributed by atoms with Gasteiger partial charge in [0, 0.05) is 12.1 Å². The minimum atomic E-state index is -0.580. The first-order chi connectivity index (χ1) is 7.58. The molecule has 3 nitrogen and oxygen atoms in total. The number of amides is 1. The Labute approximate surface area is 93.0 Å². The Morgan fingerprint density at radius 2 is 2.19 bits per heavy atom. The quantitative estimate of drug-likeness (QED) is 0.627. The zero-order valence-electron chi connectivity index (χ0n) is 8.92. The Morgan fingerprint density at radius 3 is 2.75 bits per heavy atom. The van der Waals surface area contributed by atoms with E-state index in [1.54, 1.807) is 6.92 Å². The molecule has 0 spiro atoms. The molecule has 0 radical (unpaired) electrons. The fraction of sp³-hybridized carbons (Fsp3) is 0.167. The summed E-state index contributed by atoms with van der Waals surface area (Å²) in [5.74, 6) is -1.28. The molecule has 0 aliphatic heterocycles. The Bertz CT molecular complexity index is 441. The van der Waals surface area contributed by atoms with Crippen LogP contribution >= 0.6 is 0 Å². The van der Waals surface area contributed by atoms with Crippen LogP contribution in [0.2, 0.25) is 0 Å². The molecule has 0 bridgehead atoms. The first-order valence-corrected chi connectivity index (χ1v) is 4.84. The van der Waals surface area contributed by atoms with Gasteiger partial charge in [-0.1, -0.05) is 13.5 Å². The number of anilines is 1. The molecule has 4 heteroatoms. The molecule has 84 valence electrons. The lowest BCUT2D eigenvalue weighted by molar-refractivity contribution is -0.111. The molecule has 0 saturated heterocycles. The molecule has 0 fully saturated rings. The van der Waals surface area contributed by atoms with Crippen molar-refractivity contribution >= 4 is 17.4 Å². The Hall–Kier alpha value is -1.97. The number of hydrogen-bond acceptors (Lipinski definition) is 2. The topological polar surface area (TPSA) is 46.2 Å². The molecule has 0 aliphatic carbocycles. The van der Waals surface area contributed by atoms with E-state index in [4.69, 9.17) is 0 Å². The van der Waals surface area contributed by atoms with Crippen molar-refractivity contribution in [1.82, 2.24) is 0 Å². The maximum atomic E-state index is 13.3. The second kappa shape index (κ2) is 5.21. The molecule has 1 aromatic carbocycles. The van der Waals surface area contributed by atoms with Crippen molar-refractivity contribution in [2.24, 2.45) is 0 Å². The summed E-state index contributed by atoms with van der Waals surface area (Å²) in [5, 5.41) is 2.46. The Morgan fingerprint density at radius 1 is 1.50 bits per heavy atom. The molecular weight excluding hydrogens is 209 g/mol. The van der Waals surface area contributed by atoms with E-state index in [-0.39, 0.29) is 17.8 Å². The highest BCUT2D eigenvalue weighted by Gasteiger charge is 2.10. The SMILES string of the molecule is C=CC(=O)Nc1ccc(F)c(C(=O)CC)c1. The van der Waals surface area contributed by atoms with Crippen LogP contribution in [0.5, 0.6) is 0 Å². The maximum absolute atomic E-state index is 13.3. The molecule has 0 saturated carbocycles. The van der Waals surface area contributed by atoms with Crippen molar-refractivity contribution < 1.29 is 14.0 Å². The number of carbonyl (C=O) groups excluding carboxylic acids is 2. The van der Waals surface area contributed by atoms with E-state index >= 15 is 0 Å². The number of ketones is 1. The van der Waals surface area contributed by atoms with Crippen molar-refractivity contribution in [2.45, 2.75) is 13.3 Å². The minimum absolute atomic E-state index is 0.00985. The number of hydrogen-bond donors (Lipinski definition) is 1. The van der Waals surface area contributed by atoms with Crippen LogP contribution in [-0.4, -0.2) is 11.7 Å². The molecule has 0 heterocycles. The average molecular weight is 221 g/mol. The third kappa shape index (κ3) is 2.76. The van der Waals surface area contributed by atoms with E-state index in [0.29, 0.717) is 5.69 Å². The highest BCUT2D eigenvalue weighted by molar-refractivity contribution is 6.01. The zero-order valence-corrected chi connectivity index (χ0v) is 8.92. The molecule has 0 aromatic heterocycles. The summed E-state index contributed by atoms with van der Waals surface area (Å²) in [6, 6.07) is 3.87. The lowest BCUT2D eigenvalue weighted by Crippen LogP contribution is -2.09. The monoisotopic (exact) mass is 221 g/mol. The van der Waals surface area contributed by atoms with Gasteiger partial charge in [-0.05, 0) is 24.3 Å². The average Bonchev–Trinajstić information content (AvgIpc) is 2.30. The van der Waals surface area contributed by atoms with Crippen LogP contribution in [0.1, 0.15) is 23.7 Å². The second-order valence-corrected chi connectivity index (χ2v) is 3.16. The Kier molecular flexibility index (Phi) is 3.94. The third-order valence-corrected chi connectivity index (χ3v) is 2.04. The number of Topliss-reactive ketones (excluding diaryl/α,β-unsaturated/α-hetero) is 1. The zero-order chi connectivity index (χ0) is 12.1. The fourth-order valence-electron chi connectivity index (χ4n) is 1.20. The van der Waals surface area contributed by atoms with Gasteiger partial charge in [0.2, 0.25) is 5.91 Å². The number of halogens is 1. The van der Waals surface area contributed by atoms with Gasteiger partial charge in [-0.25, -0.2) is 4.39 Å². The van der Waals surface area contributed by atoms with Crippen molar-refractivity contribution in [3.05, 3.63) is 42.2 Å². The van der Waals surface area contributed by atoms with E-state index in [2.05, 4.69) is 11.9 Å². The third-order valence-electron chi connectivity index (χ3n) is 2.04. The first kappa shape index (κ1) is 12.1. The molecule has 1 amide bonds. The van der Waals surface area contributed by atoms with Gasteiger partial charge in [-0.2, -0.15) is 0 Å². The standard InChI is InChI=1S/C12H12FNO2/c1-3-11(15)9-7-8(5-6-10(9)13)14-12(16)4-2/h4-7H,2-3H2,1H3,(H,14,16). The van der Waals surface area contributed by atoms with Gasteiger partial charge >= 0.3 is 0 Å². The van der Waals surface area contributed by atoms with Crippen molar-refractivity contribution in [1.29, 1.82) is 0 Å². The van der Waals surface area contributed by atoms with Crippen molar-refractivity contribution in [3.63, 3.8) is 0 Å². The lowest BCUT2D eigenvalue weighted by Gasteiger charge is -2.05. The van der Waals surface area contributed by atoms with Gasteiger partial charge in [-0.15, -0.1) is 0 Å². The minimum Gasteiger partial charge on any atom is -0.323 e. The van der Waals surface area contributed by atoms with Gasteiger partial charge in [0.1, 0.15) is 5.82 Å². The van der Waals surface area contributed by atoms with E-state index in [0.717, 1.165) is 12.1 Å². The summed E-state index contributed by atoms with van der Waals surface area (Å²) in [6.45, 7) is 4.94. The Balaban J connectivity index is 3.02. The van der Waals surface area contributed by atoms with Crippen LogP contribution in [0.15, 0.2) is 30.9 Å². The molecule has 1 aromatic rings. The highest BCUT2D eigenvalue weighted by atomic mass is 19.1. The summed E-state index contributed by atoms with van der Waals surface area (Å²) < 4.78 is 13.3. The summed E-state index contributed by atoms with van der Waals surface area (Å²) in [5.41, 5.74) is 0.368. The summed E-state index contributed by atoms with van der Waals surface area (Å²) in [6.07, 6.45) is 1.32. The van der Waals surface area contributed by atoms with Crippen LogP contribution < -0.4 is 5.32 Å². The van der Waals surface area contributed by atoms with E-state index in [1.807, 2.05) is 0 Å². The highest BCUT2D eigenvalue weighted by Crippen LogP contribution is 2.16.